The van der Waals surface area contributed by atoms with E-state index in [-0.39, 0.29) is 11.6 Å². The van der Waals surface area contributed by atoms with E-state index in [4.69, 9.17) is 10.6 Å². The van der Waals surface area contributed by atoms with E-state index >= 15 is 0 Å². The summed E-state index contributed by atoms with van der Waals surface area (Å²) in [7, 11) is 3.91. The van der Waals surface area contributed by atoms with Gasteiger partial charge in [0, 0.05) is 19.8 Å². The number of rotatable bonds is 6. The largest absolute Gasteiger partial charge is 0.543 e. The Morgan fingerprint density at radius 2 is 1.88 bits per heavy atom. The number of hydrogen-bond donors (Lipinski definition) is 1. The number of carboxylic acids is 1. The second kappa shape index (κ2) is 8.64. The number of aromatic carboxylic acids is 1. The standard InChI is InChI=1S/C24H23N7O2/c1-14(2)22-21-19(15-8-10-16(11-9-15)27-29-25)13-20(24(32)33)26-23(21)31(28-22)18-7-5-6-17(12-18)30(3)4/h5-14,25H,1-4H3. The summed E-state index contributed by atoms with van der Waals surface area (Å²) < 4.78 is 1.69. The number of carbonyl (C=O) groups excluding carboxylic acids is 1. The zero-order chi connectivity index (χ0) is 23.7. The van der Waals surface area contributed by atoms with Gasteiger partial charge in [0.2, 0.25) is 4.91 Å². The first-order valence-corrected chi connectivity index (χ1v) is 10.4. The second-order valence-corrected chi connectivity index (χ2v) is 8.15. The fraction of sp³-hybridized carbons (Fsp3) is 0.208. The van der Waals surface area contributed by atoms with Crippen molar-refractivity contribution >= 4 is 28.4 Å². The SMILES string of the molecule is CC(C)c1nn(-c2cccc(N(C)C)c2)c2nc(C(=O)[O-])cc(-c3ccc(N=[N+]=N)cc3)c12. The lowest BCUT2D eigenvalue weighted by molar-refractivity contribution is -0.255. The molecule has 2 aromatic carbocycles. The molecule has 0 saturated carbocycles. The Morgan fingerprint density at radius 3 is 2.48 bits per heavy atom. The van der Waals surface area contributed by atoms with Crippen molar-refractivity contribution < 1.29 is 9.90 Å². The zero-order valence-electron chi connectivity index (χ0n) is 18.8. The van der Waals surface area contributed by atoms with Crippen molar-refractivity contribution in [3.63, 3.8) is 0 Å². The van der Waals surface area contributed by atoms with Crippen LogP contribution in [-0.2, 0) is 0 Å². The summed E-state index contributed by atoms with van der Waals surface area (Å²) in [5.41, 5.74) is 11.7. The number of pyridine rings is 1. The predicted molar refractivity (Wildman–Crippen MR) is 124 cm³/mol. The molecule has 33 heavy (non-hydrogen) atoms. The number of hydrogen-bond acceptors (Lipinski definition) is 7. The summed E-state index contributed by atoms with van der Waals surface area (Å²) in [6.45, 7) is 4.08. The van der Waals surface area contributed by atoms with E-state index in [1.807, 2.05) is 69.2 Å². The summed E-state index contributed by atoms with van der Waals surface area (Å²) in [5, 5.41) is 21.2. The highest BCUT2D eigenvalue weighted by atomic mass is 16.4. The van der Waals surface area contributed by atoms with Gasteiger partial charge in [0.05, 0.1) is 28.4 Å². The monoisotopic (exact) mass is 441 g/mol. The number of fused-ring (bicyclic) bond motifs is 1. The molecular formula is C24H23N7O2. The lowest BCUT2D eigenvalue weighted by Crippen LogP contribution is -2.23. The molecular weight excluding hydrogens is 418 g/mol. The van der Waals surface area contributed by atoms with Crippen molar-refractivity contribution in [3.8, 4) is 16.8 Å². The van der Waals surface area contributed by atoms with Crippen LogP contribution in [0.1, 0.15) is 35.9 Å². The molecule has 9 nitrogen and oxygen atoms in total. The van der Waals surface area contributed by atoms with Crippen molar-refractivity contribution in [1.29, 1.82) is 5.53 Å². The van der Waals surface area contributed by atoms with Gasteiger partial charge >= 0.3 is 0 Å². The van der Waals surface area contributed by atoms with Crippen LogP contribution < -0.4 is 14.9 Å². The van der Waals surface area contributed by atoms with Crippen molar-refractivity contribution in [1.82, 2.24) is 19.7 Å². The number of nitrogens with one attached hydrogen (secondary N) is 1. The highest BCUT2D eigenvalue weighted by molar-refractivity contribution is 6.00. The van der Waals surface area contributed by atoms with Gasteiger partial charge in [-0.15, -0.1) is 0 Å². The van der Waals surface area contributed by atoms with E-state index in [1.165, 1.54) is 6.07 Å². The summed E-state index contributed by atoms with van der Waals surface area (Å²) in [6.07, 6.45) is 0. The third-order valence-corrected chi connectivity index (χ3v) is 5.36. The topological polar surface area (TPSA) is 124 Å². The molecule has 0 saturated heterocycles. The fourth-order valence-electron chi connectivity index (χ4n) is 3.73. The quantitative estimate of drug-likeness (QED) is 0.360. The smallest absolute Gasteiger partial charge is 0.220 e. The van der Waals surface area contributed by atoms with Gasteiger partial charge in [0.1, 0.15) is 5.53 Å². The van der Waals surface area contributed by atoms with Crippen molar-refractivity contribution in [2.45, 2.75) is 19.8 Å². The molecule has 0 unspecified atom stereocenters. The van der Waals surface area contributed by atoms with E-state index in [1.54, 1.807) is 16.8 Å². The minimum atomic E-state index is -1.36. The number of nitrogens with zero attached hydrogens (tertiary/aromatic N) is 6. The first-order valence-electron chi connectivity index (χ1n) is 10.4. The Hall–Kier alpha value is -4.36. The van der Waals surface area contributed by atoms with E-state index in [0.717, 1.165) is 28.0 Å². The number of carbonyl (C=O) groups is 1. The number of anilines is 1. The van der Waals surface area contributed by atoms with E-state index < -0.39 is 5.97 Å². The molecule has 9 heteroatoms. The third-order valence-electron chi connectivity index (χ3n) is 5.36. The molecule has 2 aromatic heterocycles. The minimum Gasteiger partial charge on any atom is -0.543 e. The molecule has 0 aliphatic heterocycles. The van der Waals surface area contributed by atoms with Crippen LogP contribution in [0.2, 0.25) is 0 Å². The lowest BCUT2D eigenvalue weighted by Gasteiger charge is -2.14. The zero-order valence-corrected chi connectivity index (χ0v) is 18.8. The van der Waals surface area contributed by atoms with Crippen molar-refractivity contribution in [3.05, 3.63) is 66.0 Å². The molecule has 1 N–H and O–H groups in total. The van der Waals surface area contributed by atoms with Gasteiger partial charge < -0.3 is 14.8 Å². The summed E-state index contributed by atoms with van der Waals surface area (Å²) >= 11 is 0. The maximum absolute atomic E-state index is 11.8. The van der Waals surface area contributed by atoms with Crippen LogP contribution in [0, 0.1) is 5.53 Å². The maximum Gasteiger partial charge on any atom is 0.220 e. The number of aromatic nitrogens is 3. The van der Waals surface area contributed by atoms with Crippen molar-refractivity contribution in [2.75, 3.05) is 19.0 Å². The lowest BCUT2D eigenvalue weighted by atomic mass is 9.97. The van der Waals surface area contributed by atoms with Gasteiger partial charge in [-0.05, 0) is 53.4 Å². The molecule has 2 heterocycles. The van der Waals surface area contributed by atoms with Crippen LogP contribution in [-0.4, -0.2) is 34.8 Å². The second-order valence-electron chi connectivity index (χ2n) is 8.15. The number of benzene rings is 2. The first-order chi connectivity index (χ1) is 15.8. The van der Waals surface area contributed by atoms with E-state index in [0.29, 0.717) is 16.9 Å². The Labute approximate surface area is 190 Å². The molecule has 4 rings (SSSR count). The van der Waals surface area contributed by atoms with Crippen molar-refractivity contribution in [2.24, 2.45) is 5.11 Å². The third kappa shape index (κ3) is 4.09. The normalized spacial score (nSPS) is 10.9. The van der Waals surface area contributed by atoms with E-state index in [2.05, 4.69) is 15.0 Å². The van der Waals surface area contributed by atoms with Gasteiger partial charge in [-0.3, -0.25) is 0 Å². The molecule has 0 spiro atoms. The highest BCUT2D eigenvalue weighted by Gasteiger charge is 2.22. The molecule has 0 fully saturated rings. The molecule has 166 valence electrons. The average Bonchev–Trinajstić information content (AvgIpc) is 3.19. The highest BCUT2D eigenvalue weighted by Crippen LogP contribution is 2.36. The maximum atomic E-state index is 11.8. The van der Waals surface area contributed by atoms with Gasteiger partial charge in [-0.2, -0.15) is 5.10 Å². The van der Waals surface area contributed by atoms with Gasteiger partial charge in [-0.1, -0.05) is 32.0 Å². The molecule has 0 atom stereocenters. The van der Waals surface area contributed by atoms with E-state index in [9.17, 15) is 9.90 Å². The molecule has 0 aliphatic rings. The molecule has 0 aliphatic carbocycles. The summed E-state index contributed by atoms with van der Waals surface area (Å²) in [4.78, 5) is 21.3. The average molecular weight is 441 g/mol. The van der Waals surface area contributed by atoms with Gasteiger partial charge in [0.25, 0.3) is 0 Å². The molecule has 4 aromatic rings. The fourth-order valence-corrected chi connectivity index (χ4v) is 3.73. The predicted octanol–water partition coefficient (Wildman–Crippen LogP) is 3.82. The first kappa shape index (κ1) is 21.9. The summed E-state index contributed by atoms with van der Waals surface area (Å²) in [6, 6.07) is 16.4. The van der Waals surface area contributed by atoms with Gasteiger partial charge in [-0.25, -0.2) is 9.67 Å². The van der Waals surface area contributed by atoms with Crippen LogP contribution in [0.3, 0.4) is 0 Å². The van der Waals surface area contributed by atoms with Crippen LogP contribution >= 0.6 is 0 Å². The Kier molecular flexibility index (Phi) is 5.72. The summed E-state index contributed by atoms with van der Waals surface area (Å²) in [5.74, 6) is -1.30. The van der Waals surface area contributed by atoms with Crippen LogP contribution in [0.25, 0.3) is 27.8 Å². The Balaban J connectivity index is 2.06. The van der Waals surface area contributed by atoms with Crippen LogP contribution in [0.4, 0.5) is 11.4 Å². The Bertz CT molecular complexity index is 1400. The minimum absolute atomic E-state index is 0.0662. The molecule has 0 bridgehead atoms. The number of carboxylic acid groups (broad SMARTS) is 1. The Morgan fingerprint density at radius 1 is 1.15 bits per heavy atom. The molecule has 0 amide bonds. The van der Waals surface area contributed by atoms with Gasteiger partial charge in [0.15, 0.2) is 16.4 Å². The molecule has 0 radical (unpaired) electrons. The van der Waals surface area contributed by atoms with Crippen LogP contribution in [0.15, 0.2) is 59.7 Å². The van der Waals surface area contributed by atoms with Crippen LogP contribution in [0.5, 0.6) is 0 Å².